The number of hydrogen-bond donors (Lipinski definition) is 0. The van der Waals surface area contributed by atoms with Crippen molar-refractivity contribution in [1.82, 2.24) is 0 Å². The molecule has 0 atom stereocenters. The lowest BCUT2D eigenvalue weighted by atomic mass is 10.2. The minimum atomic E-state index is 0.772. The van der Waals surface area contributed by atoms with Gasteiger partial charge in [0, 0.05) is 19.5 Å². The summed E-state index contributed by atoms with van der Waals surface area (Å²) in [5, 5.41) is 9.99. The van der Waals surface area contributed by atoms with Gasteiger partial charge >= 0.3 is 0 Å². The van der Waals surface area contributed by atoms with Gasteiger partial charge in [0.25, 0.3) is 0 Å². The molecule has 0 radical (unpaired) electrons. The number of nitriles is 1. The summed E-state index contributed by atoms with van der Waals surface area (Å²) in [6.45, 7) is 0. The highest BCUT2D eigenvalue weighted by Gasteiger charge is 2.08. The Labute approximate surface area is 98.9 Å². The van der Waals surface area contributed by atoms with Crippen LogP contribution in [0.3, 0.4) is 0 Å². The molecular formula is C10H6BrNS2. The average Bonchev–Trinajstić information content (AvgIpc) is 2.60. The van der Waals surface area contributed by atoms with Gasteiger partial charge in [0.2, 0.25) is 0 Å². The lowest BCUT2D eigenvalue weighted by Gasteiger charge is -2.01. The highest BCUT2D eigenvalue weighted by atomic mass is 79.9. The molecule has 0 aliphatic rings. The number of hydrogen-bond acceptors (Lipinski definition) is 3. The van der Waals surface area contributed by atoms with Gasteiger partial charge < -0.3 is 0 Å². The Kier molecular flexibility index (Phi) is 2.82. The van der Waals surface area contributed by atoms with E-state index in [1.807, 2.05) is 24.5 Å². The molecule has 1 aromatic heterocycles. The van der Waals surface area contributed by atoms with E-state index >= 15 is 0 Å². The second-order valence-corrected chi connectivity index (χ2v) is 5.47. The molecule has 0 N–H and O–H groups in total. The number of thiophene rings is 1. The van der Waals surface area contributed by atoms with Gasteiger partial charge in [-0.05, 0) is 40.4 Å². The molecule has 0 saturated heterocycles. The Morgan fingerprint density at radius 1 is 1.50 bits per heavy atom. The molecular weight excluding hydrogens is 278 g/mol. The molecule has 1 aromatic carbocycles. The van der Waals surface area contributed by atoms with Crippen molar-refractivity contribution >= 4 is 49.1 Å². The Morgan fingerprint density at radius 3 is 2.93 bits per heavy atom. The molecule has 4 heteroatoms. The van der Waals surface area contributed by atoms with Crippen molar-refractivity contribution in [3.63, 3.8) is 0 Å². The van der Waals surface area contributed by atoms with E-state index in [-0.39, 0.29) is 0 Å². The van der Waals surface area contributed by atoms with Gasteiger partial charge in [0.1, 0.15) is 10.9 Å². The number of rotatable bonds is 1. The van der Waals surface area contributed by atoms with Crippen LogP contribution in [0.15, 0.2) is 27.6 Å². The zero-order valence-corrected chi connectivity index (χ0v) is 10.6. The zero-order valence-electron chi connectivity index (χ0n) is 7.37. The second-order valence-electron chi connectivity index (χ2n) is 2.71. The molecule has 0 bridgehead atoms. The number of benzene rings is 1. The third kappa shape index (κ3) is 1.56. The Balaban J connectivity index is 2.81. The van der Waals surface area contributed by atoms with E-state index in [0.717, 1.165) is 9.35 Å². The number of nitrogens with zero attached hydrogens (tertiary/aromatic N) is 1. The Bertz CT molecular complexity index is 525. The van der Waals surface area contributed by atoms with Crippen molar-refractivity contribution in [2.45, 2.75) is 4.90 Å². The lowest BCUT2D eigenvalue weighted by Crippen LogP contribution is -1.73. The number of halogens is 1. The van der Waals surface area contributed by atoms with Crippen LogP contribution in [-0.2, 0) is 0 Å². The summed E-state index contributed by atoms with van der Waals surface area (Å²) in [6, 6.07) is 8.22. The zero-order chi connectivity index (χ0) is 10.1. The van der Waals surface area contributed by atoms with E-state index in [1.54, 1.807) is 23.1 Å². The summed E-state index contributed by atoms with van der Waals surface area (Å²) in [6.07, 6.45) is 2.04. The fraction of sp³-hybridized carbons (Fsp3) is 0.100. The van der Waals surface area contributed by atoms with E-state index in [1.165, 1.54) is 15.0 Å². The third-order valence-electron chi connectivity index (χ3n) is 1.92. The average molecular weight is 284 g/mol. The van der Waals surface area contributed by atoms with Gasteiger partial charge in [-0.3, -0.25) is 0 Å². The van der Waals surface area contributed by atoms with Crippen molar-refractivity contribution in [3.8, 4) is 6.07 Å². The molecule has 2 rings (SSSR count). The maximum absolute atomic E-state index is 8.81. The first kappa shape index (κ1) is 10.0. The van der Waals surface area contributed by atoms with Crippen LogP contribution in [0.25, 0.3) is 10.1 Å². The largest absolute Gasteiger partial charge is 0.192 e. The van der Waals surface area contributed by atoms with Crippen molar-refractivity contribution in [2.24, 2.45) is 0 Å². The van der Waals surface area contributed by atoms with Crippen molar-refractivity contribution in [1.29, 1.82) is 5.26 Å². The molecule has 0 fully saturated rings. The molecule has 0 saturated carbocycles. The van der Waals surface area contributed by atoms with Gasteiger partial charge in [-0.1, -0.05) is 0 Å². The van der Waals surface area contributed by atoms with Gasteiger partial charge in [-0.15, -0.1) is 23.1 Å². The molecule has 0 unspecified atom stereocenters. The predicted octanol–water partition coefficient (Wildman–Crippen LogP) is 4.26. The minimum absolute atomic E-state index is 0.772. The first-order chi connectivity index (χ1) is 6.76. The van der Waals surface area contributed by atoms with Crippen molar-refractivity contribution in [3.05, 3.63) is 27.5 Å². The van der Waals surface area contributed by atoms with Crippen LogP contribution in [0.5, 0.6) is 0 Å². The summed E-state index contributed by atoms with van der Waals surface area (Å²) in [4.78, 5) is 1.98. The standard InChI is InChI=1S/C10H6BrNS2/c1-13-10-7-4-6(5-12)14-9(7)3-2-8(10)11/h2-4H,1H3. The number of thioether (sulfide) groups is 1. The normalized spacial score (nSPS) is 10.4. The van der Waals surface area contributed by atoms with Gasteiger partial charge in [0.05, 0.1) is 0 Å². The first-order valence-corrected chi connectivity index (χ1v) is 6.76. The van der Waals surface area contributed by atoms with Crippen LogP contribution >= 0.6 is 39.0 Å². The van der Waals surface area contributed by atoms with Crippen LogP contribution in [0.4, 0.5) is 0 Å². The second kappa shape index (κ2) is 3.93. The summed E-state index contributed by atoms with van der Waals surface area (Å²) in [7, 11) is 0. The van der Waals surface area contributed by atoms with Crippen LogP contribution in [0, 0.1) is 11.3 Å². The molecule has 0 aliphatic carbocycles. The van der Waals surface area contributed by atoms with E-state index in [4.69, 9.17) is 5.26 Å². The van der Waals surface area contributed by atoms with Crippen LogP contribution in [0.2, 0.25) is 0 Å². The predicted molar refractivity (Wildman–Crippen MR) is 66.0 cm³/mol. The maximum Gasteiger partial charge on any atom is 0.110 e. The Morgan fingerprint density at radius 2 is 2.29 bits per heavy atom. The highest BCUT2D eigenvalue weighted by molar-refractivity contribution is 9.10. The molecule has 0 amide bonds. The van der Waals surface area contributed by atoms with Gasteiger partial charge in [-0.2, -0.15) is 5.26 Å². The lowest BCUT2D eigenvalue weighted by molar-refractivity contribution is 1.50. The van der Waals surface area contributed by atoms with Gasteiger partial charge in [0.15, 0.2) is 0 Å². The molecule has 2 aromatic rings. The van der Waals surface area contributed by atoms with E-state index < -0.39 is 0 Å². The van der Waals surface area contributed by atoms with E-state index in [2.05, 4.69) is 22.0 Å². The monoisotopic (exact) mass is 283 g/mol. The van der Waals surface area contributed by atoms with E-state index in [0.29, 0.717) is 0 Å². The SMILES string of the molecule is CSc1c(Br)ccc2sc(C#N)cc12. The summed E-state index contributed by atoms with van der Waals surface area (Å²) >= 11 is 6.75. The fourth-order valence-electron chi connectivity index (χ4n) is 1.32. The topological polar surface area (TPSA) is 23.8 Å². The summed E-state index contributed by atoms with van der Waals surface area (Å²) in [5.74, 6) is 0. The quantitative estimate of drug-likeness (QED) is 0.731. The molecule has 0 aliphatic heterocycles. The fourth-order valence-corrected chi connectivity index (χ4v) is 3.74. The van der Waals surface area contributed by atoms with Crippen LogP contribution < -0.4 is 0 Å². The van der Waals surface area contributed by atoms with Gasteiger partial charge in [-0.25, -0.2) is 0 Å². The molecule has 1 heterocycles. The Hall–Kier alpha value is -0.500. The molecule has 70 valence electrons. The van der Waals surface area contributed by atoms with Crippen molar-refractivity contribution in [2.75, 3.05) is 6.26 Å². The molecule has 1 nitrogen and oxygen atoms in total. The van der Waals surface area contributed by atoms with E-state index in [9.17, 15) is 0 Å². The summed E-state index contributed by atoms with van der Waals surface area (Å²) < 4.78 is 2.27. The van der Waals surface area contributed by atoms with Crippen molar-refractivity contribution < 1.29 is 0 Å². The smallest absolute Gasteiger partial charge is 0.110 e. The number of fused-ring (bicyclic) bond motifs is 1. The van der Waals surface area contributed by atoms with Crippen LogP contribution in [-0.4, -0.2) is 6.26 Å². The third-order valence-corrected chi connectivity index (χ3v) is 4.69. The maximum atomic E-state index is 8.81. The minimum Gasteiger partial charge on any atom is -0.192 e. The highest BCUT2D eigenvalue weighted by Crippen LogP contribution is 2.37. The molecule has 14 heavy (non-hydrogen) atoms. The summed E-state index contributed by atoms with van der Waals surface area (Å²) in [5.41, 5.74) is 0. The first-order valence-electron chi connectivity index (χ1n) is 3.92. The van der Waals surface area contributed by atoms with Crippen LogP contribution in [0.1, 0.15) is 4.88 Å². The molecule has 0 spiro atoms.